The third-order valence-electron chi connectivity index (χ3n) is 3.77. The molecule has 24 heavy (non-hydrogen) atoms. The summed E-state index contributed by atoms with van der Waals surface area (Å²) in [5, 5.41) is 9.03. The Hall–Kier alpha value is -2.90. The van der Waals surface area contributed by atoms with Gasteiger partial charge >= 0.3 is 17.8 Å². The summed E-state index contributed by atoms with van der Waals surface area (Å²) < 4.78 is 0. The van der Waals surface area contributed by atoms with Gasteiger partial charge in [-0.05, 0) is 19.1 Å². The van der Waals surface area contributed by atoms with Gasteiger partial charge in [0.05, 0.1) is 0 Å². The number of likely N-dealkylation sites (N-methyl/N-ethyl adjacent to an activating group) is 1. The van der Waals surface area contributed by atoms with Crippen LogP contribution in [0.3, 0.4) is 0 Å². The minimum Gasteiger partial charge on any atom is -0.480 e. The number of carbonyl (C=O) groups is 4. The summed E-state index contributed by atoms with van der Waals surface area (Å²) in [5.41, 5.74) is 0.427. The summed E-state index contributed by atoms with van der Waals surface area (Å²) in [6.07, 6.45) is 0. The largest absolute Gasteiger partial charge is 0.480 e. The van der Waals surface area contributed by atoms with Crippen LogP contribution < -0.4 is 4.90 Å². The molecule has 0 spiro atoms. The number of carboxylic acid groups (broad SMARTS) is 1. The molecule has 0 aromatic heterocycles. The zero-order valence-corrected chi connectivity index (χ0v) is 13.3. The quantitative estimate of drug-likeness (QED) is 0.727. The number of piperazine rings is 1. The van der Waals surface area contributed by atoms with Gasteiger partial charge in [-0.3, -0.25) is 24.1 Å². The second kappa shape index (κ2) is 7.58. The van der Waals surface area contributed by atoms with E-state index < -0.39 is 30.2 Å². The van der Waals surface area contributed by atoms with Crippen molar-refractivity contribution >= 4 is 29.4 Å². The van der Waals surface area contributed by atoms with Crippen molar-refractivity contribution in [1.29, 1.82) is 0 Å². The molecule has 0 unspecified atom stereocenters. The number of aliphatic carboxylic acids is 1. The van der Waals surface area contributed by atoms with Crippen LogP contribution in [-0.4, -0.2) is 71.3 Å². The maximum Gasteiger partial charge on any atom is 0.323 e. The monoisotopic (exact) mass is 333 g/mol. The van der Waals surface area contributed by atoms with Gasteiger partial charge in [-0.25, -0.2) is 0 Å². The van der Waals surface area contributed by atoms with Gasteiger partial charge in [0.1, 0.15) is 13.1 Å². The fraction of sp³-hybridized carbons (Fsp3) is 0.375. The number of amides is 3. The molecule has 3 amide bonds. The Morgan fingerprint density at radius 1 is 1.08 bits per heavy atom. The van der Waals surface area contributed by atoms with E-state index in [0.717, 1.165) is 9.80 Å². The van der Waals surface area contributed by atoms with Gasteiger partial charge in [-0.2, -0.15) is 0 Å². The van der Waals surface area contributed by atoms with Crippen LogP contribution in [0.2, 0.25) is 0 Å². The molecule has 2 rings (SSSR count). The van der Waals surface area contributed by atoms with Crippen molar-refractivity contribution in [2.24, 2.45) is 0 Å². The Morgan fingerprint density at radius 3 is 2.25 bits per heavy atom. The minimum absolute atomic E-state index is 0.250. The van der Waals surface area contributed by atoms with Crippen LogP contribution in [-0.2, 0) is 19.2 Å². The number of carbonyl (C=O) groups excluding carboxylic acids is 3. The van der Waals surface area contributed by atoms with Crippen molar-refractivity contribution in [3.63, 3.8) is 0 Å². The van der Waals surface area contributed by atoms with Gasteiger partial charge < -0.3 is 14.9 Å². The summed E-state index contributed by atoms with van der Waals surface area (Å²) in [4.78, 5) is 51.1. The van der Waals surface area contributed by atoms with Crippen molar-refractivity contribution in [3.05, 3.63) is 30.3 Å². The van der Waals surface area contributed by atoms with E-state index in [1.54, 1.807) is 37.3 Å². The van der Waals surface area contributed by atoms with Crippen LogP contribution in [0.1, 0.15) is 6.92 Å². The van der Waals surface area contributed by atoms with Crippen LogP contribution in [0.25, 0.3) is 0 Å². The molecule has 0 bridgehead atoms. The van der Waals surface area contributed by atoms with Crippen molar-refractivity contribution in [2.75, 3.05) is 37.6 Å². The Bertz CT molecular complexity index is 646. The fourth-order valence-electron chi connectivity index (χ4n) is 2.48. The third kappa shape index (κ3) is 3.89. The number of hydrogen-bond donors (Lipinski definition) is 1. The molecule has 0 saturated carbocycles. The SMILES string of the molecule is CCN1CCN(CC(=O)N(CC(=O)O)c2ccccc2)C(=O)C1=O. The lowest BCUT2D eigenvalue weighted by molar-refractivity contribution is -0.156. The number of carboxylic acids is 1. The van der Waals surface area contributed by atoms with Crippen molar-refractivity contribution in [2.45, 2.75) is 6.92 Å². The highest BCUT2D eigenvalue weighted by Crippen LogP contribution is 2.14. The van der Waals surface area contributed by atoms with Crippen molar-refractivity contribution in [3.8, 4) is 0 Å². The summed E-state index contributed by atoms with van der Waals surface area (Å²) in [6, 6.07) is 8.35. The predicted molar refractivity (Wildman–Crippen MR) is 85.3 cm³/mol. The number of benzene rings is 1. The predicted octanol–water partition coefficient (Wildman–Crippen LogP) is -0.205. The number of nitrogens with zero attached hydrogens (tertiary/aromatic N) is 3. The summed E-state index contributed by atoms with van der Waals surface area (Å²) in [7, 11) is 0. The number of rotatable bonds is 6. The van der Waals surface area contributed by atoms with Crippen LogP contribution in [0.5, 0.6) is 0 Å². The van der Waals surface area contributed by atoms with E-state index in [1.807, 2.05) is 0 Å². The molecule has 0 aliphatic carbocycles. The van der Waals surface area contributed by atoms with E-state index in [9.17, 15) is 19.2 Å². The first-order valence-electron chi connectivity index (χ1n) is 7.59. The molecular weight excluding hydrogens is 314 g/mol. The normalized spacial score (nSPS) is 14.7. The van der Waals surface area contributed by atoms with E-state index >= 15 is 0 Å². The smallest absolute Gasteiger partial charge is 0.323 e. The summed E-state index contributed by atoms with van der Waals surface area (Å²) in [5.74, 6) is -3.08. The lowest BCUT2D eigenvalue weighted by atomic mass is 10.2. The van der Waals surface area contributed by atoms with Crippen LogP contribution >= 0.6 is 0 Å². The Balaban J connectivity index is 2.12. The van der Waals surface area contributed by atoms with E-state index in [4.69, 9.17) is 5.11 Å². The molecular formula is C16H19N3O5. The van der Waals surface area contributed by atoms with E-state index in [-0.39, 0.29) is 13.1 Å². The molecule has 0 radical (unpaired) electrons. The van der Waals surface area contributed by atoms with E-state index in [2.05, 4.69) is 0 Å². The van der Waals surface area contributed by atoms with Gasteiger partial charge in [0.2, 0.25) is 5.91 Å². The molecule has 1 fully saturated rings. The molecule has 8 heteroatoms. The van der Waals surface area contributed by atoms with Crippen molar-refractivity contribution in [1.82, 2.24) is 9.80 Å². The maximum atomic E-state index is 12.5. The molecule has 1 heterocycles. The molecule has 1 aliphatic rings. The van der Waals surface area contributed by atoms with Gasteiger partial charge in [0, 0.05) is 25.3 Å². The molecule has 1 saturated heterocycles. The number of hydrogen-bond acceptors (Lipinski definition) is 4. The van der Waals surface area contributed by atoms with Gasteiger partial charge in [-0.1, -0.05) is 18.2 Å². The van der Waals surface area contributed by atoms with E-state index in [1.165, 1.54) is 4.90 Å². The molecule has 1 aliphatic heterocycles. The minimum atomic E-state index is -1.16. The molecule has 128 valence electrons. The highest BCUT2D eigenvalue weighted by atomic mass is 16.4. The zero-order chi connectivity index (χ0) is 17.7. The highest BCUT2D eigenvalue weighted by Gasteiger charge is 2.33. The van der Waals surface area contributed by atoms with E-state index in [0.29, 0.717) is 18.8 Å². The second-order valence-electron chi connectivity index (χ2n) is 5.32. The second-order valence-corrected chi connectivity index (χ2v) is 5.32. The summed E-state index contributed by atoms with van der Waals surface area (Å²) >= 11 is 0. The molecule has 0 atom stereocenters. The van der Waals surface area contributed by atoms with Gasteiger partial charge in [0.15, 0.2) is 0 Å². The first-order valence-corrected chi connectivity index (χ1v) is 7.59. The average molecular weight is 333 g/mol. The maximum absolute atomic E-state index is 12.5. The topological polar surface area (TPSA) is 98.2 Å². The molecule has 1 N–H and O–H groups in total. The van der Waals surface area contributed by atoms with Gasteiger partial charge in [-0.15, -0.1) is 0 Å². The molecule has 8 nitrogen and oxygen atoms in total. The first kappa shape index (κ1) is 17.5. The molecule has 1 aromatic carbocycles. The molecule has 1 aromatic rings. The summed E-state index contributed by atoms with van der Waals surface area (Å²) in [6.45, 7) is 1.97. The third-order valence-corrected chi connectivity index (χ3v) is 3.77. The highest BCUT2D eigenvalue weighted by molar-refractivity contribution is 6.35. The Labute approximate surface area is 139 Å². The lowest BCUT2D eigenvalue weighted by Gasteiger charge is -2.33. The van der Waals surface area contributed by atoms with Crippen LogP contribution in [0.4, 0.5) is 5.69 Å². The average Bonchev–Trinajstić information content (AvgIpc) is 2.57. The van der Waals surface area contributed by atoms with Crippen LogP contribution in [0, 0.1) is 0 Å². The standard InChI is InChI=1S/C16H19N3O5/c1-2-17-8-9-18(16(24)15(17)23)10-13(20)19(11-14(21)22)12-6-4-3-5-7-12/h3-7H,2,8-11H2,1H3,(H,21,22). The number of para-hydroxylation sites is 1. The van der Waals surface area contributed by atoms with Gasteiger partial charge in [0.25, 0.3) is 0 Å². The number of anilines is 1. The Morgan fingerprint density at radius 2 is 1.67 bits per heavy atom. The first-order chi connectivity index (χ1) is 11.4. The van der Waals surface area contributed by atoms with Crippen LogP contribution in [0.15, 0.2) is 30.3 Å². The fourth-order valence-corrected chi connectivity index (χ4v) is 2.48. The van der Waals surface area contributed by atoms with Crippen molar-refractivity contribution < 1.29 is 24.3 Å². The lowest BCUT2D eigenvalue weighted by Crippen LogP contribution is -2.56. The Kier molecular flexibility index (Phi) is 5.51. The zero-order valence-electron chi connectivity index (χ0n) is 13.3.